The minimum atomic E-state index is -0.576. The van der Waals surface area contributed by atoms with E-state index in [-0.39, 0.29) is 0 Å². The van der Waals surface area contributed by atoms with Gasteiger partial charge in [-0.25, -0.2) is 0 Å². The molecular weight excluding hydrogens is 206 g/mol. The van der Waals surface area contributed by atoms with E-state index >= 15 is 0 Å². The van der Waals surface area contributed by atoms with E-state index in [9.17, 15) is 0 Å². The monoisotopic (exact) mass is 228 g/mol. The summed E-state index contributed by atoms with van der Waals surface area (Å²) < 4.78 is 4.94. The maximum absolute atomic E-state index is 4.94. The Kier molecular flexibility index (Phi) is 10.2. The second-order valence-corrected chi connectivity index (χ2v) is 12.2. The molecule has 0 radical (unpaired) electrons. The van der Waals surface area contributed by atoms with Crippen molar-refractivity contribution in [1.82, 2.24) is 0 Å². The Morgan fingerprint density at radius 1 is 0.917 bits per heavy atom. The van der Waals surface area contributed by atoms with Crippen molar-refractivity contribution in [2.75, 3.05) is 13.2 Å². The van der Waals surface area contributed by atoms with Crippen LogP contribution in [-0.2, 0) is 4.74 Å². The molecule has 1 saturated heterocycles. The Morgan fingerprint density at radius 3 is 1.42 bits per heavy atom. The maximum atomic E-state index is 4.94. The summed E-state index contributed by atoms with van der Waals surface area (Å²) in [5.74, 6) is 0. The topological polar surface area (TPSA) is 9.23 Å². The average molecular weight is 229 g/mol. The van der Waals surface area contributed by atoms with E-state index < -0.39 is 16.2 Å². The molecule has 0 saturated carbocycles. The van der Waals surface area contributed by atoms with E-state index in [1.165, 1.54) is 12.8 Å². The molecular formula is C10H23GaO. The van der Waals surface area contributed by atoms with E-state index in [1.807, 2.05) is 0 Å². The van der Waals surface area contributed by atoms with E-state index in [1.54, 1.807) is 14.9 Å². The van der Waals surface area contributed by atoms with Crippen molar-refractivity contribution in [2.45, 2.75) is 48.5 Å². The molecule has 0 bridgehead atoms. The van der Waals surface area contributed by atoms with Gasteiger partial charge in [-0.15, -0.1) is 0 Å². The van der Waals surface area contributed by atoms with Crippen LogP contribution in [0.2, 0.25) is 14.9 Å². The SMILES string of the molecule is C1CCOC1.C[CH2][Ga]([CH2]C)[CH2]C. The van der Waals surface area contributed by atoms with Crippen LogP contribution in [0.5, 0.6) is 0 Å². The van der Waals surface area contributed by atoms with E-state index in [0.29, 0.717) is 0 Å². The fourth-order valence-electron chi connectivity index (χ4n) is 1.38. The van der Waals surface area contributed by atoms with Crippen LogP contribution in [0.1, 0.15) is 33.6 Å². The number of ether oxygens (including phenoxy) is 1. The molecule has 2 heteroatoms. The molecule has 0 spiro atoms. The van der Waals surface area contributed by atoms with Gasteiger partial charge in [0.25, 0.3) is 0 Å². The Balaban J connectivity index is 0.000000211. The van der Waals surface area contributed by atoms with Crippen LogP contribution in [0.15, 0.2) is 0 Å². The van der Waals surface area contributed by atoms with Crippen LogP contribution in [0.25, 0.3) is 0 Å². The predicted molar refractivity (Wildman–Crippen MR) is 57.3 cm³/mol. The molecule has 1 rings (SSSR count). The zero-order valence-electron chi connectivity index (χ0n) is 8.94. The van der Waals surface area contributed by atoms with E-state index in [0.717, 1.165) is 13.2 Å². The molecule has 1 nitrogen and oxygen atoms in total. The molecule has 0 aromatic carbocycles. The summed E-state index contributed by atoms with van der Waals surface area (Å²) in [5, 5.41) is 0. The first-order chi connectivity index (χ1) is 5.85. The Morgan fingerprint density at radius 2 is 1.33 bits per heavy atom. The first-order valence-electron chi connectivity index (χ1n) is 5.42. The van der Waals surface area contributed by atoms with Crippen LogP contribution < -0.4 is 0 Å². The van der Waals surface area contributed by atoms with Crippen molar-refractivity contribution in [3.8, 4) is 0 Å². The molecule has 0 unspecified atom stereocenters. The van der Waals surface area contributed by atoms with Crippen LogP contribution in [0.4, 0.5) is 0 Å². The van der Waals surface area contributed by atoms with Crippen molar-refractivity contribution in [1.29, 1.82) is 0 Å². The Labute approximate surface area is 82.9 Å². The van der Waals surface area contributed by atoms with Gasteiger partial charge < -0.3 is 4.74 Å². The van der Waals surface area contributed by atoms with Crippen molar-refractivity contribution in [3.63, 3.8) is 0 Å². The molecule has 1 aliphatic rings. The summed E-state index contributed by atoms with van der Waals surface area (Å²) in [6.07, 6.45) is 2.56. The second kappa shape index (κ2) is 9.68. The van der Waals surface area contributed by atoms with Crippen LogP contribution >= 0.6 is 0 Å². The summed E-state index contributed by atoms with van der Waals surface area (Å²) in [6, 6.07) is 0. The van der Waals surface area contributed by atoms with E-state index in [4.69, 9.17) is 4.74 Å². The average Bonchev–Trinajstić information content (AvgIpc) is 2.64. The third-order valence-electron chi connectivity index (χ3n) is 2.56. The molecule has 0 N–H and O–H groups in total. The van der Waals surface area contributed by atoms with Gasteiger partial charge in [0.1, 0.15) is 0 Å². The van der Waals surface area contributed by atoms with Crippen LogP contribution in [0.3, 0.4) is 0 Å². The molecule has 12 heavy (non-hydrogen) atoms. The number of hydrogen-bond acceptors (Lipinski definition) is 1. The molecule has 0 atom stereocenters. The van der Waals surface area contributed by atoms with Gasteiger partial charge in [-0.2, -0.15) is 0 Å². The third-order valence-corrected chi connectivity index (χ3v) is 9.83. The van der Waals surface area contributed by atoms with Crippen LogP contribution in [0, 0.1) is 0 Å². The van der Waals surface area contributed by atoms with Gasteiger partial charge >= 0.3 is 51.9 Å². The van der Waals surface area contributed by atoms with Gasteiger partial charge in [0.2, 0.25) is 0 Å². The van der Waals surface area contributed by atoms with Gasteiger partial charge in [0, 0.05) is 13.2 Å². The first kappa shape index (κ1) is 12.6. The molecule has 1 fully saturated rings. The van der Waals surface area contributed by atoms with Crippen molar-refractivity contribution < 1.29 is 4.74 Å². The summed E-state index contributed by atoms with van der Waals surface area (Å²) in [5.41, 5.74) is 0. The van der Waals surface area contributed by atoms with Crippen molar-refractivity contribution in [3.05, 3.63) is 0 Å². The number of rotatable bonds is 3. The summed E-state index contributed by atoms with van der Waals surface area (Å²) >= 11 is -0.576. The fourth-order valence-corrected chi connectivity index (χ4v) is 5.01. The van der Waals surface area contributed by atoms with Crippen molar-refractivity contribution >= 4 is 16.2 Å². The van der Waals surface area contributed by atoms with E-state index in [2.05, 4.69) is 20.8 Å². The molecule has 72 valence electrons. The zero-order chi connectivity index (χ0) is 9.23. The molecule has 0 amide bonds. The van der Waals surface area contributed by atoms with Gasteiger partial charge in [-0.05, 0) is 12.8 Å². The second-order valence-electron chi connectivity index (χ2n) is 3.41. The minimum absolute atomic E-state index is 0.576. The van der Waals surface area contributed by atoms with Gasteiger partial charge in [0.15, 0.2) is 0 Å². The quantitative estimate of drug-likeness (QED) is 0.674. The van der Waals surface area contributed by atoms with Crippen molar-refractivity contribution in [2.24, 2.45) is 0 Å². The normalized spacial score (nSPS) is 15.2. The standard InChI is InChI=1S/C4H8O.3C2H5.Ga/c1-2-4-5-3-1;3*1-2;/h1-4H2;3*1H2,2H3;. The predicted octanol–water partition coefficient (Wildman–Crippen LogP) is 3.34. The zero-order valence-corrected chi connectivity index (χ0v) is 11.4. The molecule has 0 aromatic heterocycles. The molecule has 1 aliphatic heterocycles. The Hall–Kier alpha value is 0.596. The van der Waals surface area contributed by atoms with Gasteiger partial charge in [-0.3, -0.25) is 0 Å². The molecule has 1 heterocycles. The summed E-state index contributed by atoms with van der Waals surface area (Å²) in [4.78, 5) is 4.62. The van der Waals surface area contributed by atoms with Crippen LogP contribution in [-0.4, -0.2) is 29.4 Å². The molecule has 0 aliphatic carbocycles. The van der Waals surface area contributed by atoms with Gasteiger partial charge in [-0.1, -0.05) is 0 Å². The summed E-state index contributed by atoms with van der Waals surface area (Å²) in [7, 11) is 0. The molecule has 0 aromatic rings. The number of hydrogen-bond donors (Lipinski definition) is 0. The fraction of sp³-hybridized carbons (Fsp3) is 1.00. The Bertz CT molecular complexity index is 64.8. The first-order valence-corrected chi connectivity index (χ1v) is 10.6. The third kappa shape index (κ3) is 7.26. The van der Waals surface area contributed by atoms with Gasteiger partial charge in [0.05, 0.1) is 0 Å². The summed E-state index contributed by atoms with van der Waals surface area (Å²) in [6.45, 7) is 9.03.